The van der Waals surface area contributed by atoms with Crippen LogP contribution in [-0.2, 0) is 11.2 Å². The van der Waals surface area contributed by atoms with Crippen LogP contribution < -0.4 is 5.32 Å². The molecule has 0 aromatic carbocycles. The molecule has 3 rings (SSSR count). The molecule has 1 atom stereocenters. The quantitative estimate of drug-likeness (QED) is 0.870. The fourth-order valence-electron chi connectivity index (χ4n) is 3.12. The van der Waals surface area contributed by atoms with Gasteiger partial charge in [0.25, 0.3) is 5.91 Å². The number of rotatable bonds is 6. The van der Waals surface area contributed by atoms with Crippen molar-refractivity contribution >= 4 is 17.2 Å². The Bertz CT molecular complexity index is 505. The molecular weight excluding hydrogens is 298 g/mol. The molecule has 0 aliphatic carbocycles. The van der Waals surface area contributed by atoms with Crippen LogP contribution in [0, 0.1) is 6.92 Å². The predicted molar refractivity (Wildman–Crippen MR) is 87.5 cm³/mol. The van der Waals surface area contributed by atoms with Crippen molar-refractivity contribution in [2.24, 2.45) is 0 Å². The highest BCUT2D eigenvalue weighted by Crippen LogP contribution is 2.20. The molecule has 3 heterocycles. The van der Waals surface area contributed by atoms with E-state index < -0.39 is 0 Å². The van der Waals surface area contributed by atoms with Gasteiger partial charge < -0.3 is 15.0 Å². The second-order valence-corrected chi connectivity index (χ2v) is 7.25. The molecule has 0 spiro atoms. The second kappa shape index (κ2) is 7.53. The Morgan fingerprint density at radius 3 is 2.95 bits per heavy atom. The monoisotopic (exact) mass is 323 g/mol. The van der Waals surface area contributed by atoms with Crippen molar-refractivity contribution in [1.29, 1.82) is 0 Å². The lowest BCUT2D eigenvalue weighted by atomic mass is 10.2. The van der Waals surface area contributed by atoms with Gasteiger partial charge in [0, 0.05) is 26.1 Å². The van der Waals surface area contributed by atoms with Crippen LogP contribution in [0.3, 0.4) is 0 Å². The average molecular weight is 323 g/mol. The molecule has 122 valence electrons. The van der Waals surface area contributed by atoms with E-state index in [9.17, 15) is 4.79 Å². The Balaban J connectivity index is 1.50. The molecule has 0 bridgehead atoms. The van der Waals surface area contributed by atoms with E-state index in [1.165, 1.54) is 25.9 Å². The van der Waals surface area contributed by atoms with Crippen molar-refractivity contribution in [2.45, 2.75) is 45.1 Å². The van der Waals surface area contributed by atoms with Gasteiger partial charge in [-0.1, -0.05) is 0 Å². The third-order valence-electron chi connectivity index (χ3n) is 4.40. The summed E-state index contributed by atoms with van der Waals surface area (Å²) in [5.74, 6) is -0.00192. The van der Waals surface area contributed by atoms with Gasteiger partial charge in [0.2, 0.25) is 0 Å². The number of thiazole rings is 1. The zero-order chi connectivity index (χ0) is 15.4. The van der Waals surface area contributed by atoms with Crippen LogP contribution in [0.25, 0.3) is 0 Å². The number of hydrogen-bond acceptors (Lipinski definition) is 5. The Labute approximate surface area is 136 Å². The van der Waals surface area contributed by atoms with Crippen LogP contribution >= 0.6 is 11.3 Å². The molecule has 1 aromatic rings. The highest BCUT2D eigenvalue weighted by Gasteiger charge is 2.20. The van der Waals surface area contributed by atoms with Gasteiger partial charge in [-0.3, -0.25) is 4.79 Å². The van der Waals surface area contributed by atoms with Gasteiger partial charge in [0.1, 0.15) is 4.88 Å². The van der Waals surface area contributed by atoms with Crippen LogP contribution in [0.2, 0.25) is 0 Å². The largest absolute Gasteiger partial charge is 0.376 e. The maximum absolute atomic E-state index is 12.3. The first kappa shape index (κ1) is 15.9. The molecule has 22 heavy (non-hydrogen) atoms. The number of ether oxygens (including phenoxy) is 1. The molecule has 2 aliphatic rings. The third-order valence-corrected chi connectivity index (χ3v) is 5.62. The Morgan fingerprint density at radius 2 is 2.23 bits per heavy atom. The van der Waals surface area contributed by atoms with Crippen LogP contribution in [0.15, 0.2) is 0 Å². The summed E-state index contributed by atoms with van der Waals surface area (Å²) in [6.07, 6.45) is 5.91. The van der Waals surface area contributed by atoms with Crippen molar-refractivity contribution < 1.29 is 9.53 Å². The summed E-state index contributed by atoms with van der Waals surface area (Å²) in [6, 6.07) is 0. The normalized spacial score (nSPS) is 22.3. The maximum Gasteiger partial charge on any atom is 0.263 e. The van der Waals surface area contributed by atoms with Crippen molar-refractivity contribution in [2.75, 3.05) is 32.8 Å². The SMILES string of the molecule is Cc1nc(CCN2CCCC2)sc1C(=O)NCC1CCCO1. The maximum atomic E-state index is 12.3. The Morgan fingerprint density at radius 1 is 1.41 bits per heavy atom. The van der Waals surface area contributed by atoms with Crippen LogP contribution in [0.5, 0.6) is 0 Å². The lowest BCUT2D eigenvalue weighted by Crippen LogP contribution is -2.31. The summed E-state index contributed by atoms with van der Waals surface area (Å²) in [7, 11) is 0. The van der Waals surface area contributed by atoms with Gasteiger partial charge in [-0.25, -0.2) is 4.98 Å². The zero-order valence-corrected chi connectivity index (χ0v) is 14.1. The molecule has 1 amide bonds. The van der Waals surface area contributed by atoms with E-state index >= 15 is 0 Å². The average Bonchev–Trinajstić information content (AvgIpc) is 3.24. The number of carbonyl (C=O) groups excluding carboxylic acids is 1. The number of nitrogens with zero attached hydrogens (tertiary/aromatic N) is 2. The van der Waals surface area contributed by atoms with Crippen LogP contribution in [0.1, 0.15) is 46.1 Å². The number of likely N-dealkylation sites (tertiary alicyclic amines) is 1. The standard InChI is InChI=1S/C16H25N3O2S/c1-12-15(16(20)17-11-13-5-4-10-21-13)22-14(18-12)6-9-19-7-2-3-8-19/h13H,2-11H2,1H3,(H,17,20). The van der Waals surface area contributed by atoms with E-state index in [2.05, 4.69) is 15.2 Å². The smallest absolute Gasteiger partial charge is 0.263 e. The summed E-state index contributed by atoms with van der Waals surface area (Å²) >= 11 is 1.54. The van der Waals surface area contributed by atoms with Gasteiger partial charge >= 0.3 is 0 Å². The molecule has 6 heteroatoms. The van der Waals surface area contributed by atoms with E-state index in [-0.39, 0.29) is 12.0 Å². The number of aryl methyl sites for hydroxylation is 1. The first-order chi connectivity index (χ1) is 10.7. The minimum Gasteiger partial charge on any atom is -0.376 e. The lowest BCUT2D eigenvalue weighted by molar-refractivity contribution is 0.0860. The first-order valence-corrected chi connectivity index (χ1v) is 9.12. The number of hydrogen-bond donors (Lipinski definition) is 1. The second-order valence-electron chi connectivity index (χ2n) is 6.17. The van der Waals surface area contributed by atoms with Crippen molar-refractivity contribution in [3.8, 4) is 0 Å². The van der Waals surface area contributed by atoms with Crippen molar-refractivity contribution in [1.82, 2.24) is 15.2 Å². The Hall–Kier alpha value is -0.980. The summed E-state index contributed by atoms with van der Waals surface area (Å²) < 4.78 is 5.54. The molecular formula is C16H25N3O2S. The fraction of sp³-hybridized carbons (Fsp3) is 0.750. The van der Waals surface area contributed by atoms with Crippen LogP contribution in [-0.4, -0.2) is 54.7 Å². The van der Waals surface area contributed by atoms with Gasteiger partial charge in [0.15, 0.2) is 0 Å². The van der Waals surface area contributed by atoms with E-state index in [0.717, 1.165) is 48.0 Å². The molecule has 2 aliphatic heterocycles. The summed E-state index contributed by atoms with van der Waals surface area (Å²) in [5.41, 5.74) is 0.853. The number of nitrogens with one attached hydrogen (secondary N) is 1. The number of aromatic nitrogens is 1. The molecule has 5 nitrogen and oxygen atoms in total. The molecule has 1 aromatic heterocycles. The van der Waals surface area contributed by atoms with Gasteiger partial charge in [-0.2, -0.15) is 0 Å². The van der Waals surface area contributed by atoms with Crippen LogP contribution in [0.4, 0.5) is 0 Å². The number of amides is 1. The van der Waals surface area contributed by atoms with E-state index in [1.54, 1.807) is 11.3 Å². The first-order valence-electron chi connectivity index (χ1n) is 8.31. The van der Waals surface area contributed by atoms with E-state index in [0.29, 0.717) is 6.54 Å². The van der Waals surface area contributed by atoms with E-state index in [1.807, 2.05) is 6.92 Å². The van der Waals surface area contributed by atoms with Crippen molar-refractivity contribution in [3.63, 3.8) is 0 Å². The lowest BCUT2D eigenvalue weighted by Gasteiger charge is -2.12. The fourth-order valence-corrected chi connectivity index (χ4v) is 4.09. The number of carbonyl (C=O) groups is 1. The molecule has 1 unspecified atom stereocenters. The summed E-state index contributed by atoms with van der Waals surface area (Å²) in [4.78, 5) is 20.1. The molecule has 0 radical (unpaired) electrons. The molecule has 1 N–H and O–H groups in total. The minimum atomic E-state index is -0.00192. The highest BCUT2D eigenvalue weighted by atomic mass is 32.1. The van der Waals surface area contributed by atoms with Gasteiger partial charge in [-0.05, 0) is 45.7 Å². The van der Waals surface area contributed by atoms with Gasteiger partial charge in [-0.15, -0.1) is 11.3 Å². The van der Waals surface area contributed by atoms with Gasteiger partial charge in [0.05, 0.1) is 16.8 Å². The van der Waals surface area contributed by atoms with Crippen molar-refractivity contribution in [3.05, 3.63) is 15.6 Å². The topological polar surface area (TPSA) is 54.5 Å². The molecule has 2 fully saturated rings. The van der Waals surface area contributed by atoms with E-state index in [4.69, 9.17) is 4.74 Å². The minimum absolute atomic E-state index is 0.00192. The predicted octanol–water partition coefficient (Wildman–Crippen LogP) is 2.00. The molecule has 0 saturated carbocycles. The zero-order valence-electron chi connectivity index (χ0n) is 13.3. The Kier molecular flexibility index (Phi) is 5.44. The third kappa shape index (κ3) is 4.06. The summed E-state index contributed by atoms with van der Waals surface area (Å²) in [5, 5.41) is 4.06. The molecule has 2 saturated heterocycles. The summed E-state index contributed by atoms with van der Waals surface area (Å²) in [6.45, 7) is 6.83. The highest BCUT2D eigenvalue weighted by molar-refractivity contribution is 7.13.